The maximum absolute atomic E-state index is 9.34. The molecule has 2 aromatic rings. The number of hydrogen-bond donors (Lipinski definition) is 1. The van der Waals surface area contributed by atoms with E-state index in [1.54, 1.807) is 0 Å². The highest BCUT2D eigenvalue weighted by molar-refractivity contribution is 5.77. The molecule has 0 atom stereocenters. The number of rotatable bonds is 8. The van der Waals surface area contributed by atoms with E-state index in [0.29, 0.717) is 6.54 Å². The van der Waals surface area contributed by atoms with E-state index in [4.69, 9.17) is 4.98 Å². The molecule has 1 N–H and O–H groups in total. The summed E-state index contributed by atoms with van der Waals surface area (Å²) in [5.41, 5.74) is 3.48. The van der Waals surface area contributed by atoms with Crippen molar-refractivity contribution >= 4 is 11.0 Å². The van der Waals surface area contributed by atoms with Crippen LogP contribution in [0.3, 0.4) is 0 Å². The molecule has 0 aliphatic carbocycles. The van der Waals surface area contributed by atoms with Gasteiger partial charge in [-0.25, -0.2) is 4.98 Å². The highest BCUT2D eigenvalue weighted by Crippen LogP contribution is 2.19. The van der Waals surface area contributed by atoms with Crippen molar-refractivity contribution < 1.29 is 5.11 Å². The third kappa shape index (κ3) is 3.83. The number of imidazole rings is 1. The normalized spacial score (nSPS) is 11.7. The van der Waals surface area contributed by atoms with E-state index in [1.165, 1.54) is 18.4 Å². The van der Waals surface area contributed by atoms with Crippen molar-refractivity contribution in [3.05, 3.63) is 29.6 Å². The lowest BCUT2D eigenvalue weighted by Gasteiger charge is -2.16. The molecule has 0 aliphatic heterocycles. The van der Waals surface area contributed by atoms with Crippen molar-refractivity contribution in [3.8, 4) is 0 Å². The standard InChI is InChI=1S/C17H27N3O/c1-4-6-9-19(3)13-17-18-15-12-14(5-2)7-8-16(15)20(17)10-11-21/h7-8,12,21H,4-6,9-11,13H2,1-3H3. The minimum absolute atomic E-state index is 0.145. The first kappa shape index (κ1) is 16.0. The van der Waals surface area contributed by atoms with E-state index in [2.05, 4.69) is 48.6 Å². The van der Waals surface area contributed by atoms with Gasteiger partial charge in [0.05, 0.1) is 24.2 Å². The quantitative estimate of drug-likeness (QED) is 0.812. The fourth-order valence-electron chi connectivity index (χ4n) is 2.66. The van der Waals surface area contributed by atoms with Crippen LogP contribution in [0.4, 0.5) is 0 Å². The average molecular weight is 289 g/mol. The Morgan fingerprint density at radius 1 is 1.29 bits per heavy atom. The van der Waals surface area contributed by atoms with E-state index in [9.17, 15) is 5.11 Å². The van der Waals surface area contributed by atoms with Gasteiger partial charge in [-0.1, -0.05) is 26.3 Å². The Labute approximate surface area is 127 Å². The monoisotopic (exact) mass is 289 g/mol. The summed E-state index contributed by atoms with van der Waals surface area (Å²) >= 11 is 0. The zero-order valence-electron chi connectivity index (χ0n) is 13.5. The van der Waals surface area contributed by atoms with Gasteiger partial charge in [-0.15, -0.1) is 0 Å². The topological polar surface area (TPSA) is 41.3 Å². The van der Waals surface area contributed by atoms with Crippen molar-refractivity contribution in [2.45, 2.75) is 46.2 Å². The summed E-state index contributed by atoms with van der Waals surface area (Å²) in [6.45, 7) is 7.03. The van der Waals surface area contributed by atoms with Crippen LogP contribution in [0.5, 0.6) is 0 Å². The first-order valence-corrected chi connectivity index (χ1v) is 7.97. The summed E-state index contributed by atoms with van der Waals surface area (Å²) in [7, 11) is 2.13. The Morgan fingerprint density at radius 3 is 2.76 bits per heavy atom. The first-order chi connectivity index (χ1) is 10.2. The van der Waals surface area contributed by atoms with E-state index < -0.39 is 0 Å². The van der Waals surface area contributed by atoms with Gasteiger partial charge in [-0.3, -0.25) is 4.90 Å². The maximum atomic E-state index is 9.34. The number of aromatic nitrogens is 2. The summed E-state index contributed by atoms with van der Waals surface area (Å²) in [5.74, 6) is 1.05. The predicted molar refractivity (Wildman–Crippen MR) is 87.4 cm³/mol. The number of aliphatic hydroxyl groups excluding tert-OH is 1. The molecule has 0 saturated heterocycles. The van der Waals surface area contributed by atoms with Gasteiger partial charge < -0.3 is 9.67 Å². The number of aliphatic hydroxyl groups is 1. The Balaban J connectivity index is 2.30. The molecule has 0 spiro atoms. The van der Waals surface area contributed by atoms with Crippen LogP contribution >= 0.6 is 0 Å². The molecule has 1 aromatic heterocycles. The van der Waals surface area contributed by atoms with Crippen LogP contribution in [0.2, 0.25) is 0 Å². The summed E-state index contributed by atoms with van der Waals surface area (Å²) in [4.78, 5) is 7.10. The van der Waals surface area contributed by atoms with Gasteiger partial charge in [0, 0.05) is 6.54 Å². The molecule has 0 aliphatic rings. The molecule has 4 heteroatoms. The molecule has 1 aromatic carbocycles. The van der Waals surface area contributed by atoms with E-state index >= 15 is 0 Å². The third-order valence-corrected chi connectivity index (χ3v) is 3.93. The Hall–Kier alpha value is -1.39. The van der Waals surface area contributed by atoms with Crippen LogP contribution in [0, 0.1) is 0 Å². The van der Waals surface area contributed by atoms with Gasteiger partial charge in [-0.05, 0) is 44.1 Å². The predicted octanol–water partition coefficient (Wildman–Crippen LogP) is 2.82. The largest absolute Gasteiger partial charge is 0.395 e. The summed E-state index contributed by atoms with van der Waals surface area (Å²) in [6.07, 6.45) is 3.43. The first-order valence-electron chi connectivity index (χ1n) is 7.97. The lowest BCUT2D eigenvalue weighted by atomic mass is 10.1. The van der Waals surface area contributed by atoms with Crippen molar-refractivity contribution in [2.24, 2.45) is 0 Å². The summed E-state index contributed by atoms with van der Waals surface area (Å²) in [6, 6.07) is 6.45. The van der Waals surface area contributed by atoms with Crippen LogP contribution in [-0.2, 0) is 19.5 Å². The Kier molecular flexibility index (Phi) is 5.76. The van der Waals surface area contributed by atoms with Gasteiger partial charge in [-0.2, -0.15) is 0 Å². The van der Waals surface area contributed by atoms with Crippen LogP contribution in [0.1, 0.15) is 38.1 Å². The van der Waals surface area contributed by atoms with Gasteiger partial charge >= 0.3 is 0 Å². The van der Waals surface area contributed by atoms with Crippen LogP contribution in [0.15, 0.2) is 18.2 Å². The van der Waals surface area contributed by atoms with Gasteiger partial charge in [0.2, 0.25) is 0 Å². The average Bonchev–Trinajstić information content (AvgIpc) is 2.82. The number of benzene rings is 1. The van der Waals surface area contributed by atoms with Gasteiger partial charge in [0.1, 0.15) is 5.82 Å². The molecule has 0 fully saturated rings. The molecule has 0 saturated carbocycles. The fraction of sp³-hybridized carbons (Fsp3) is 0.588. The molecule has 0 unspecified atom stereocenters. The molecule has 0 bridgehead atoms. The second-order valence-corrected chi connectivity index (χ2v) is 5.67. The minimum atomic E-state index is 0.145. The third-order valence-electron chi connectivity index (χ3n) is 3.93. The minimum Gasteiger partial charge on any atom is -0.395 e. The number of unbranched alkanes of at least 4 members (excludes halogenated alkanes) is 1. The Bertz CT molecular complexity index is 577. The number of aryl methyl sites for hydroxylation is 1. The maximum Gasteiger partial charge on any atom is 0.124 e. The molecule has 2 rings (SSSR count). The summed E-state index contributed by atoms with van der Waals surface area (Å²) in [5, 5.41) is 9.34. The molecule has 116 valence electrons. The smallest absolute Gasteiger partial charge is 0.124 e. The molecular formula is C17H27N3O. The van der Waals surface area contributed by atoms with Gasteiger partial charge in [0.25, 0.3) is 0 Å². The highest BCUT2D eigenvalue weighted by atomic mass is 16.3. The summed E-state index contributed by atoms with van der Waals surface area (Å²) < 4.78 is 2.15. The number of hydrogen-bond acceptors (Lipinski definition) is 3. The lowest BCUT2D eigenvalue weighted by molar-refractivity contribution is 0.267. The Morgan fingerprint density at radius 2 is 2.10 bits per heavy atom. The van der Waals surface area contributed by atoms with Crippen LogP contribution in [0.25, 0.3) is 11.0 Å². The van der Waals surface area contributed by atoms with Gasteiger partial charge in [0.15, 0.2) is 0 Å². The molecule has 4 nitrogen and oxygen atoms in total. The zero-order chi connectivity index (χ0) is 15.2. The van der Waals surface area contributed by atoms with E-state index in [1.807, 2.05) is 0 Å². The zero-order valence-corrected chi connectivity index (χ0v) is 13.5. The molecule has 0 amide bonds. The lowest BCUT2D eigenvalue weighted by Crippen LogP contribution is -2.22. The second-order valence-electron chi connectivity index (χ2n) is 5.67. The molecular weight excluding hydrogens is 262 g/mol. The highest BCUT2D eigenvalue weighted by Gasteiger charge is 2.12. The number of fused-ring (bicyclic) bond motifs is 1. The van der Waals surface area contributed by atoms with Crippen molar-refractivity contribution in [1.82, 2.24) is 14.5 Å². The molecule has 1 heterocycles. The number of nitrogens with zero attached hydrogens (tertiary/aromatic N) is 3. The second kappa shape index (κ2) is 7.57. The van der Waals surface area contributed by atoms with Crippen LogP contribution < -0.4 is 0 Å². The van der Waals surface area contributed by atoms with Crippen molar-refractivity contribution in [2.75, 3.05) is 20.2 Å². The molecule has 0 radical (unpaired) electrons. The van der Waals surface area contributed by atoms with Crippen molar-refractivity contribution in [1.29, 1.82) is 0 Å². The van der Waals surface area contributed by atoms with E-state index in [-0.39, 0.29) is 6.61 Å². The molecule has 21 heavy (non-hydrogen) atoms. The van der Waals surface area contributed by atoms with Crippen LogP contribution in [-0.4, -0.2) is 39.8 Å². The SMILES string of the molecule is CCCCN(C)Cc1nc2cc(CC)ccc2n1CCO. The fourth-order valence-corrected chi connectivity index (χ4v) is 2.66. The van der Waals surface area contributed by atoms with Crippen molar-refractivity contribution in [3.63, 3.8) is 0 Å². The van der Waals surface area contributed by atoms with E-state index in [0.717, 1.165) is 36.4 Å².